The lowest BCUT2D eigenvalue weighted by Gasteiger charge is -2.34. The minimum absolute atomic E-state index is 0.140. The number of carbonyl (C=O) groups is 2. The van der Waals surface area contributed by atoms with Crippen molar-refractivity contribution in [3.8, 4) is 11.5 Å². The van der Waals surface area contributed by atoms with Crippen LogP contribution < -0.4 is 4.74 Å². The van der Waals surface area contributed by atoms with Gasteiger partial charge in [-0.25, -0.2) is 4.98 Å². The fourth-order valence-corrected chi connectivity index (χ4v) is 3.60. The van der Waals surface area contributed by atoms with Crippen LogP contribution in [0, 0.1) is 17.8 Å². The van der Waals surface area contributed by atoms with Gasteiger partial charge in [-0.15, -0.1) is 0 Å². The first kappa shape index (κ1) is 28.0. The van der Waals surface area contributed by atoms with Gasteiger partial charge in [0.1, 0.15) is 18.3 Å². The van der Waals surface area contributed by atoms with Gasteiger partial charge in [0, 0.05) is 38.5 Å². The maximum absolute atomic E-state index is 13.0. The number of cyclic esters (lactones) is 1. The molecule has 0 spiro atoms. The predicted molar refractivity (Wildman–Crippen MR) is 125 cm³/mol. The first-order valence-electron chi connectivity index (χ1n) is 11.9. The molecule has 4 atom stereocenters. The summed E-state index contributed by atoms with van der Waals surface area (Å²) >= 11 is 0. The van der Waals surface area contributed by atoms with Gasteiger partial charge in [0.25, 0.3) is 0 Å². The van der Waals surface area contributed by atoms with Gasteiger partial charge in [-0.3, -0.25) is 9.59 Å². The van der Waals surface area contributed by atoms with Crippen molar-refractivity contribution in [1.82, 2.24) is 4.98 Å². The number of aromatic hydroxyl groups is 1. The number of aromatic nitrogens is 1. The number of esters is 1. The van der Waals surface area contributed by atoms with E-state index in [9.17, 15) is 14.7 Å². The fraction of sp³-hybridized carbons (Fsp3) is 0.720. The lowest BCUT2D eigenvalue weighted by Crippen LogP contribution is -2.47. The van der Waals surface area contributed by atoms with Crippen LogP contribution in [0.3, 0.4) is 0 Å². The van der Waals surface area contributed by atoms with Crippen molar-refractivity contribution in [2.24, 2.45) is 17.8 Å². The summed E-state index contributed by atoms with van der Waals surface area (Å²) in [6, 6.07) is 1.45. The number of ether oxygens (including phenoxy) is 5. The van der Waals surface area contributed by atoms with Crippen LogP contribution in [0.2, 0.25) is 0 Å². The number of pyridine rings is 1. The molecule has 1 fully saturated rings. The first-order chi connectivity index (χ1) is 16.1. The second-order valence-corrected chi connectivity index (χ2v) is 9.50. The van der Waals surface area contributed by atoms with Crippen molar-refractivity contribution in [2.75, 3.05) is 33.5 Å². The Morgan fingerprint density at radius 2 is 1.88 bits per heavy atom. The molecule has 0 saturated carbocycles. The van der Waals surface area contributed by atoms with Gasteiger partial charge in [-0.2, -0.15) is 0 Å². The van der Waals surface area contributed by atoms with Crippen molar-refractivity contribution in [2.45, 2.75) is 65.8 Å². The third-order valence-corrected chi connectivity index (χ3v) is 5.43. The zero-order chi connectivity index (χ0) is 25.3. The molecule has 0 aromatic carbocycles. The molecule has 34 heavy (non-hydrogen) atoms. The first-order valence-corrected chi connectivity index (χ1v) is 11.9. The predicted octanol–water partition coefficient (Wildman–Crippen LogP) is 3.42. The van der Waals surface area contributed by atoms with Crippen LogP contribution in [-0.2, 0) is 23.7 Å². The molecule has 1 aliphatic heterocycles. The quantitative estimate of drug-likeness (QED) is 0.397. The number of ketones is 1. The Balaban J connectivity index is 2.16. The smallest absolute Gasteiger partial charge is 0.309 e. The average molecular weight is 482 g/mol. The molecule has 2 heterocycles. The summed E-state index contributed by atoms with van der Waals surface area (Å²) in [6.45, 7) is 11.5. The highest BCUT2D eigenvalue weighted by atomic mass is 16.6. The summed E-state index contributed by atoms with van der Waals surface area (Å²) in [5.74, 6) is -1.33. The molecule has 0 radical (unpaired) electrons. The van der Waals surface area contributed by atoms with E-state index in [1.165, 1.54) is 19.4 Å². The van der Waals surface area contributed by atoms with Crippen molar-refractivity contribution in [3.63, 3.8) is 0 Å². The Morgan fingerprint density at radius 1 is 1.21 bits per heavy atom. The molecule has 0 bridgehead atoms. The van der Waals surface area contributed by atoms with E-state index < -0.39 is 29.9 Å². The standard InChI is InChI=1S/C25H39NO8/c1-15(2)12-32-21-14-31-10-8-18(25(29)34-17(5)24(21)33-13-16(3)4)11-19(27)22-23(28)20(30-6)7-9-26-22/h7,9,15-18,21,24,28H,8,10-14H2,1-6H3/t17-,18+,21-,24-/m0/s1. The zero-order valence-corrected chi connectivity index (χ0v) is 21.1. The summed E-state index contributed by atoms with van der Waals surface area (Å²) in [7, 11) is 1.39. The van der Waals surface area contributed by atoms with E-state index in [0.717, 1.165) is 0 Å². The van der Waals surface area contributed by atoms with Gasteiger partial charge in [-0.05, 0) is 25.2 Å². The van der Waals surface area contributed by atoms with Gasteiger partial charge in [0.2, 0.25) is 0 Å². The Bertz CT molecular complexity index is 797. The second-order valence-electron chi connectivity index (χ2n) is 9.50. The molecule has 1 aromatic heterocycles. The van der Waals surface area contributed by atoms with Gasteiger partial charge in [0.15, 0.2) is 23.0 Å². The number of hydrogen-bond donors (Lipinski definition) is 1. The van der Waals surface area contributed by atoms with Crippen LogP contribution in [0.25, 0.3) is 0 Å². The SMILES string of the molecule is COc1ccnc(C(=O)C[C@H]2CCOC[C@H](OCC(C)C)[C@@H](OCC(C)C)[C@H](C)OC2=O)c1O. The lowest BCUT2D eigenvalue weighted by atomic mass is 9.96. The summed E-state index contributed by atoms with van der Waals surface area (Å²) in [6.07, 6.45) is -0.0183. The number of rotatable bonds is 10. The molecular weight excluding hydrogens is 442 g/mol. The number of hydrogen-bond acceptors (Lipinski definition) is 9. The van der Waals surface area contributed by atoms with Gasteiger partial charge in [0.05, 0.1) is 19.6 Å². The van der Waals surface area contributed by atoms with E-state index in [0.29, 0.717) is 25.0 Å². The third kappa shape index (κ3) is 8.21. The van der Waals surface area contributed by atoms with Crippen molar-refractivity contribution in [1.29, 1.82) is 0 Å². The van der Waals surface area contributed by atoms with Crippen LogP contribution in [0.5, 0.6) is 11.5 Å². The molecule has 192 valence electrons. The highest BCUT2D eigenvalue weighted by molar-refractivity contribution is 5.99. The van der Waals surface area contributed by atoms with E-state index in [1.54, 1.807) is 6.92 Å². The summed E-state index contributed by atoms with van der Waals surface area (Å²) in [5, 5.41) is 10.3. The molecule has 9 heteroatoms. The van der Waals surface area contributed by atoms with E-state index in [1.807, 2.05) is 13.8 Å². The molecule has 0 unspecified atom stereocenters. The number of methoxy groups -OCH3 is 1. The highest BCUT2D eigenvalue weighted by Crippen LogP contribution is 2.30. The monoisotopic (exact) mass is 481 g/mol. The largest absolute Gasteiger partial charge is 0.503 e. The van der Waals surface area contributed by atoms with Crippen LogP contribution in [0.15, 0.2) is 12.3 Å². The second kappa shape index (κ2) is 13.6. The van der Waals surface area contributed by atoms with Gasteiger partial charge >= 0.3 is 5.97 Å². The van der Waals surface area contributed by atoms with E-state index >= 15 is 0 Å². The van der Waals surface area contributed by atoms with Crippen LogP contribution in [0.1, 0.15) is 57.9 Å². The summed E-state index contributed by atoms with van der Waals surface area (Å²) in [4.78, 5) is 29.9. The number of Topliss-reactive ketones (excluding diaryl/α,β-unsaturated/α-hetero) is 1. The van der Waals surface area contributed by atoms with E-state index in [4.69, 9.17) is 23.7 Å². The molecule has 0 aliphatic carbocycles. The third-order valence-electron chi connectivity index (χ3n) is 5.43. The lowest BCUT2D eigenvalue weighted by molar-refractivity contribution is -0.183. The Labute approximate surface area is 202 Å². The molecule has 1 aromatic rings. The summed E-state index contributed by atoms with van der Waals surface area (Å²) in [5.41, 5.74) is -0.140. The maximum Gasteiger partial charge on any atom is 0.309 e. The Morgan fingerprint density at radius 3 is 2.53 bits per heavy atom. The normalized spacial score (nSPS) is 24.2. The molecule has 2 rings (SSSR count). The van der Waals surface area contributed by atoms with Crippen LogP contribution >= 0.6 is 0 Å². The minimum atomic E-state index is -0.749. The summed E-state index contributed by atoms with van der Waals surface area (Å²) < 4.78 is 28.8. The van der Waals surface area contributed by atoms with Crippen LogP contribution in [-0.4, -0.2) is 73.7 Å². The van der Waals surface area contributed by atoms with Crippen molar-refractivity contribution < 1.29 is 38.4 Å². The van der Waals surface area contributed by atoms with E-state index in [2.05, 4.69) is 18.8 Å². The van der Waals surface area contributed by atoms with Crippen molar-refractivity contribution >= 4 is 11.8 Å². The highest BCUT2D eigenvalue weighted by Gasteiger charge is 2.36. The average Bonchev–Trinajstić information content (AvgIpc) is 2.77. The maximum atomic E-state index is 13.0. The zero-order valence-electron chi connectivity index (χ0n) is 21.1. The van der Waals surface area contributed by atoms with Crippen LogP contribution in [0.4, 0.5) is 0 Å². The molecule has 1 saturated heterocycles. The Hall–Kier alpha value is -2.23. The molecular formula is C25H39NO8. The topological polar surface area (TPSA) is 113 Å². The Kier molecular flexibility index (Phi) is 11.2. The van der Waals surface area contributed by atoms with Gasteiger partial charge in [-0.1, -0.05) is 27.7 Å². The number of nitrogens with zero attached hydrogens (tertiary/aromatic N) is 1. The molecule has 1 N–H and O–H groups in total. The molecule has 0 amide bonds. The van der Waals surface area contributed by atoms with E-state index in [-0.39, 0.29) is 49.4 Å². The van der Waals surface area contributed by atoms with Crippen molar-refractivity contribution in [3.05, 3.63) is 18.0 Å². The number of carbonyl (C=O) groups excluding carboxylic acids is 2. The fourth-order valence-electron chi connectivity index (χ4n) is 3.60. The minimum Gasteiger partial charge on any atom is -0.503 e. The molecule has 1 aliphatic rings. The van der Waals surface area contributed by atoms with Gasteiger partial charge < -0.3 is 28.8 Å². The molecule has 9 nitrogen and oxygen atoms in total.